The van der Waals surface area contributed by atoms with Crippen LogP contribution in [0.1, 0.15) is 42.9 Å². The van der Waals surface area contributed by atoms with Crippen LogP contribution in [0.3, 0.4) is 0 Å². The van der Waals surface area contributed by atoms with Crippen molar-refractivity contribution in [2.24, 2.45) is 0 Å². The molecule has 0 N–H and O–H groups in total. The Morgan fingerprint density at radius 2 is 1.68 bits per heavy atom. The molecule has 1 fully saturated rings. The highest BCUT2D eigenvalue weighted by Crippen LogP contribution is 2.41. The second-order valence-electron chi connectivity index (χ2n) is 6.35. The summed E-state index contributed by atoms with van der Waals surface area (Å²) in [7, 11) is -3.96. The molecule has 1 aliphatic heterocycles. The Morgan fingerprint density at radius 3 is 2.28 bits per heavy atom. The molecular formula is C15H13F4N3O2S. The van der Waals surface area contributed by atoms with Crippen molar-refractivity contribution in [1.82, 2.24) is 14.8 Å². The van der Waals surface area contributed by atoms with Gasteiger partial charge in [0.05, 0.1) is 11.3 Å². The van der Waals surface area contributed by atoms with E-state index in [-0.39, 0.29) is 30.7 Å². The first-order valence-corrected chi connectivity index (χ1v) is 9.25. The van der Waals surface area contributed by atoms with E-state index < -0.39 is 50.3 Å². The molecule has 1 aromatic carbocycles. The fourth-order valence-corrected chi connectivity index (χ4v) is 4.87. The Balaban J connectivity index is 1.72. The lowest BCUT2D eigenvalue weighted by atomic mass is 9.97. The van der Waals surface area contributed by atoms with E-state index in [2.05, 4.69) is 10.1 Å². The van der Waals surface area contributed by atoms with Gasteiger partial charge in [0.1, 0.15) is 17.8 Å². The number of nitrogens with zero attached hydrogens (tertiary/aromatic N) is 3. The molecular weight excluding hydrogens is 362 g/mol. The third-order valence-electron chi connectivity index (χ3n) is 4.64. The topological polar surface area (TPSA) is 64.8 Å². The van der Waals surface area contributed by atoms with Crippen molar-refractivity contribution in [3.05, 3.63) is 41.2 Å². The van der Waals surface area contributed by atoms with Gasteiger partial charge in [-0.3, -0.25) is 0 Å². The van der Waals surface area contributed by atoms with Crippen LogP contribution in [0, 0.1) is 11.6 Å². The smallest absolute Gasteiger partial charge is 0.247 e. The minimum atomic E-state index is -3.96. The molecule has 10 heteroatoms. The Morgan fingerprint density at radius 1 is 1.04 bits per heavy atom. The van der Waals surface area contributed by atoms with Crippen LogP contribution in [-0.4, -0.2) is 34.6 Å². The van der Waals surface area contributed by atoms with Crippen molar-refractivity contribution in [3.8, 4) is 0 Å². The zero-order valence-corrected chi connectivity index (χ0v) is 13.6. The van der Waals surface area contributed by atoms with Gasteiger partial charge in [0, 0.05) is 12.5 Å². The van der Waals surface area contributed by atoms with Crippen LogP contribution in [0.5, 0.6) is 0 Å². The van der Waals surface area contributed by atoms with Gasteiger partial charge in [-0.1, -0.05) is 0 Å². The van der Waals surface area contributed by atoms with Crippen molar-refractivity contribution in [2.75, 3.05) is 0 Å². The van der Waals surface area contributed by atoms with Crippen LogP contribution in [0.2, 0.25) is 0 Å². The zero-order valence-electron chi connectivity index (χ0n) is 12.7. The molecule has 0 saturated heterocycles. The molecule has 5 nitrogen and oxygen atoms in total. The molecule has 134 valence electrons. The SMILES string of the molecule is O=S(=O)(c1nc2n(n1)[C@H](c1cc(F)cc(F)c1)C[C@@H]2F)C1CC(F)C1. The van der Waals surface area contributed by atoms with Gasteiger partial charge in [-0.25, -0.2) is 30.7 Å². The van der Waals surface area contributed by atoms with Crippen molar-refractivity contribution >= 4 is 9.84 Å². The second kappa shape index (κ2) is 5.52. The molecule has 2 atom stereocenters. The second-order valence-corrected chi connectivity index (χ2v) is 8.48. The molecule has 4 rings (SSSR count). The van der Waals surface area contributed by atoms with Gasteiger partial charge >= 0.3 is 0 Å². The highest BCUT2D eigenvalue weighted by atomic mass is 32.2. The quantitative estimate of drug-likeness (QED) is 0.774. The van der Waals surface area contributed by atoms with Gasteiger partial charge in [0.15, 0.2) is 12.0 Å². The van der Waals surface area contributed by atoms with Crippen LogP contribution in [0.25, 0.3) is 0 Å². The predicted octanol–water partition coefficient (Wildman–Crippen LogP) is 2.83. The van der Waals surface area contributed by atoms with Crippen LogP contribution in [-0.2, 0) is 9.84 Å². The summed E-state index contributed by atoms with van der Waals surface area (Å²) in [5.41, 5.74) is 0.139. The van der Waals surface area contributed by atoms with Crippen molar-refractivity contribution in [1.29, 1.82) is 0 Å². The van der Waals surface area contributed by atoms with Crippen LogP contribution >= 0.6 is 0 Å². The van der Waals surface area contributed by atoms with E-state index in [1.807, 2.05) is 0 Å². The molecule has 0 radical (unpaired) electrons. The van der Waals surface area contributed by atoms with E-state index in [4.69, 9.17) is 0 Å². The first kappa shape index (κ1) is 16.5. The number of sulfone groups is 1. The molecule has 1 saturated carbocycles. The van der Waals surface area contributed by atoms with E-state index in [0.29, 0.717) is 6.07 Å². The number of rotatable bonds is 3. The number of fused-ring (bicyclic) bond motifs is 1. The first-order valence-electron chi connectivity index (χ1n) is 7.70. The summed E-state index contributed by atoms with van der Waals surface area (Å²) >= 11 is 0. The Bertz CT molecular complexity index is 920. The molecule has 2 heterocycles. The van der Waals surface area contributed by atoms with Crippen molar-refractivity contribution in [2.45, 2.75) is 48.1 Å². The van der Waals surface area contributed by atoms with Crippen LogP contribution in [0.15, 0.2) is 23.4 Å². The molecule has 0 unspecified atom stereocenters. The van der Waals surface area contributed by atoms with Crippen molar-refractivity contribution in [3.63, 3.8) is 0 Å². The summed E-state index contributed by atoms with van der Waals surface area (Å²) in [4.78, 5) is 3.77. The number of halogens is 4. The Hall–Kier alpha value is -1.97. The number of hydrogen-bond donors (Lipinski definition) is 0. The summed E-state index contributed by atoms with van der Waals surface area (Å²) in [5, 5.41) is 2.38. The molecule has 25 heavy (non-hydrogen) atoms. The van der Waals surface area contributed by atoms with Crippen LogP contribution in [0.4, 0.5) is 17.6 Å². The lowest BCUT2D eigenvalue weighted by Crippen LogP contribution is -2.37. The third-order valence-corrected chi connectivity index (χ3v) is 6.59. The highest BCUT2D eigenvalue weighted by Gasteiger charge is 2.44. The number of alkyl halides is 2. The lowest BCUT2D eigenvalue weighted by molar-refractivity contribution is 0.213. The van der Waals surface area contributed by atoms with E-state index >= 15 is 0 Å². The van der Waals surface area contributed by atoms with Gasteiger partial charge in [0.2, 0.25) is 9.84 Å². The number of hydrogen-bond acceptors (Lipinski definition) is 4. The molecule has 0 spiro atoms. The Labute approximate surface area is 140 Å². The first-order chi connectivity index (χ1) is 11.8. The van der Waals surface area contributed by atoms with Gasteiger partial charge in [-0.15, -0.1) is 5.10 Å². The summed E-state index contributed by atoms with van der Waals surface area (Å²) in [5.74, 6) is -1.85. The third kappa shape index (κ3) is 2.62. The summed E-state index contributed by atoms with van der Waals surface area (Å²) in [6.07, 6.45) is -3.20. The minimum Gasteiger partial charge on any atom is -0.247 e. The summed E-state index contributed by atoms with van der Waals surface area (Å²) in [6, 6.07) is 1.92. The monoisotopic (exact) mass is 375 g/mol. The largest absolute Gasteiger partial charge is 0.267 e. The lowest BCUT2D eigenvalue weighted by Gasteiger charge is -2.27. The molecule has 2 aromatic rings. The maximum atomic E-state index is 14.2. The maximum absolute atomic E-state index is 14.2. The van der Waals surface area contributed by atoms with E-state index in [0.717, 1.165) is 16.8 Å². The summed E-state index contributed by atoms with van der Waals surface area (Å²) < 4.78 is 79.9. The Kier molecular flexibility index (Phi) is 3.64. The maximum Gasteiger partial charge on any atom is 0.267 e. The van der Waals surface area contributed by atoms with Gasteiger partial charge in [-0.2, -0.15) is 4.98 Å². The van der Waals surface area contributed by atoms with Crippen LogP contribution < -0.4 is 0 Å². The van der Waals surface area contributed by atoms with E-state index in [1.165, 1.54) is 0 Å². The number of aromatic nitrogens is 3. The zero-order chi connectivity index (χ0) is 17.9. The minimum absolute atomic E-state index is 0.135. The van der Waals surface area contributed by atoms with Gasteiger partial charge < -0.3 is 0 Å². The molecule has 0 bridgehead atoms. The average molecular weight is 375 g/mol. The van der Waals surface area contributed by atoms with E-state index in [9.17, 15) is 26.0 Å². The predicted molar refractivity (Wildman–Crippen MR) is 78.1 cm³/mol. The molecule has 1 aromatic heterocycles. The molecule has 1 aliphatic carbocycles. The fraction of sp³-hybridized carbons (Fsp3) is 0.467. The summed E-state index contributed by atoms with van der Waals surface area (Å²) in [6.45, 7) is 0. The fourth-order valence-electron chi connectivity index (χ4n) is 3.23. The highest BCUT2D eigenvalue weighted by molar-refractivity contribution is 7.91. The van der Waals surface area contributed by atoms with Gasteiger partial charge in [-0.05, 0) is 30.5 Å². The molecule has 0 amide bonds. The normalized spacial score (nSPS) is 28.6. The average Bonchev–Trinajstić information content (AvgIpc) is 3.04. The number of benzene rings is 1. The van der Waals surface area contributed by atoms with E-state index in [1.54, 1.807) is 0 Å². The standard InChI is InChI=1S/C15H13F4N3O2S/c16-8-1-7(2-9(17)3-8)13-6-12(19)14-20-15(21-22(13)14)25(23,24)11-4-10(18)5-11/h1-3,10-13H,4-6H2/t10?,11?,12-,13-/m0/s1. The van der Waals surface area contributed by atoms with Gasteiger partial charge in [0.25, 0.3) is 5.16 Å². The van der Waals surface area contributed by atoms with Crippen molar-refractivity contribution < 1.29 is 26.0 Å². The molecule has 2 aliphatic rings.